The molecule has 148 valence electrons. The van der Waals surface area contributed by atoms with Gasteiger partial charge in [0.25, 0.3) is 5.69 Å². The lowest BCUT2D eigenvalue weighted by Gasteiger charge is -2.19. The van der Waals surface area contributed by atoms with E-state index in [1.807, 2.05) is 0 Å². The third-order valence-electron chi connectivity index (χ3n) is 3.29. The zero-order valence-electron chi connectivity index (χ0n) is 15.7. The summed E-state index contributed by atoms with van der Waals surface area (Å²) in [7, 11) is 0. The van der Waals surface area contributed by atoms with Crippen molar-refractivity contribution in [3.63, 3.8) is 0 Å². The molecular weight excluding hydrogens is 366 g/mol. The molecule has 28 heavy (non-hydrogen) atoms. The largest absolute Gasteiger partial charge is 0.444 e. The second-order valence-corrected chi connectivity index (χ2v) is 6.82. The number of ether oxygens (including phenoxy) is 2. The highest BCUT2D eigenvalue weighted by molar-refractivity contribution is 5.86. The standard InChI is InChI=1S/C19H21N3O6/c1-19(2,3)28-17(23)20-12-13-4-6-14(7-5-13)21-18(24)27-16-10-8-15(9-11-16)22(25)26/h4-11H,12H2,1-3H3,(H,20,23)(H,21,24). The first kappa shape index (κ1) is 20.7. The van der Waals surface area contributed by atoms with Crippen molar-refractivity contribution in [2.45, 2.75) is 32.9 Å². The van der Waals surface area contributed by atoms with E-state index in [0.29, 0.717) is 5.69 Å². The van der Waals surface area contributed by atoms with Crippen LogP contribution >= 0.6 is 0 Å². The van der Waals surface area contributed by atoms with Gasteiger partial charge in [0.05, 0.1) is 4.92 Å². The summed E-state index contributed by atoms with van der Waals surface area (Å²) in [5.74, 6) is 0.182. The third kappa shape index (κ3) is 6.94. The van der Waals surface area contributed by atoms with Crippen LogP contribution in [0, 0.1) is 10.1 Å². The van der Waals surface area contributed by atoms with Gasteiger partial charge in [-0.3, -0.25) is 15.4 Å². The van der Waals surface area contributed by atoms with Crippen molar-refractivity contribution in [1.29, 1.82) is 0 Å². The van der Waals surface area contributed by atoms with Crippen LogP contribution in [0.2, 0.25) is 0 Å². The summed E-state index contributed by atoms with van der Waals surface area (Å²) in [6.07, 6.45) is -1.24. The van der Waals surface area contributed by atoms with E-state index < -0.39 is 22.7 Å². The molecule has 0 aliphatic heterocycles. The number of rotatable bonds is 5. The molecule has 0 aromatic heterocycles. The number of amides is 2. The van der Waals surface area contributed by atoms with Crippen molar-refractivity contribution >= 4 is 23.6 Å². The van der Waals surface area contributed by atoms with Crippen molar-refractivity contribution in [3.05, 3.63) is 64.2 Å². The minimum Gasteiger partial charge on any atom is -0.444 e. The first-order chi connectivity index (χ1) is 13.1. The van der Waals surface area contributed by atoms with E-state index in [1.165, 1.54) is 24.3 Å². The fourth-order valence-corrected chi connectivity index (χ4v) is 2.08. The maximum absolute atomic E-state index is 11.9. The third-order valence-corrected chi connectivity index (χ3v) is 3.29. The van der Waals surface area contributed by atoms with Gasteiger partial charge in [0.1, 0.15) is 11.4 Å². The average Bonchev–Trinajstić information content (AvgIpc) is 2.60. The van der Waals surface area contributed by atoms with E-state index in [2.05, 4.69) is 10.6 Å². The van der Waals surface area contributed by atoms with Crippen LogP contribution in [0.3, 0.4) is 0 Å². The van der Waals surface area contributed by atoms with Gasteiger partial charge < -0.3 is 14.8 Å². The molecule has 0 fully saturated rings. The molecule has 2 N–H and O–H groups in total. The predicted octanol–water partition coefficient (Wildman–Crippen LogP) is 4.23. The number of nitrogens with zero attached hydrogens (tertiary/aromatic N) is 1. The molecule has 2 aromatic carbocycles. The Morgan fingerprint density at radius 1 is 1.00 bits per heavy atom. The van der Waals surface area contributed by atoms with Crippen LogP contribution in [0.1, 0.15) is 26.3 Å². The van der Waals surface area contributed by atoms with E-state index in [0.717, 1.165) is 5.56 Å². The lowest BCUT2D eigenvalue weighted by molar-refractivity contribution is -0.384. The Labute approximate surface area is 161 Å². The van der Waals surface area contributed by atoms with Crippen molar-refractivity contribution in [3.8, 4) is 5.75 Å². The molecule has 9 heteroatoms. The minimum atomic E-state index is -0.728. The smallest absolute Gasteiger partial charge is 0.417 e. The van der Waals surface area contributed by atoms with E-state index in [1.54, 1.807) is 45.0 Å². The second-order valence-electron chi connectivity index (χ2n) is 6.82. The van der Waals surface area contributed by atoms with Gasteiger partial charge in [0.2, 0.25) is 0 Å². The molecule has 2 amide bonds. The summed E-state index contributed by atoms with van der Waals surface area (Å²) in [5, 5.41) is 15.8. The SMILES string of the molecule is CC(C)(C)OC(=O)NCc1ccc(NC(=O)Oc2ccc([N+](=O)[O-])cc2)cc1. The van der Waals surface area contributed by atoms with Crippen LogP contribution in [0.4, 0.5) is 21.0 Å². The van der Waals surface area contributed by atoms with Gasteiger partial charge >= 0.3 is 12.2 Å². The maximum Gasteiger partial charge on any atom is 0.417 e. The van der Waals surface area contributed by atoms with Crippen molar-refractivity contribution in [2.24, 2.45) is 0 Å². The molecule has 0 spiro atoms. The van der Waals surface area contributed by atoms with E-state index in [-0.39, 0.29) is 18.0 Å². The predicted molar refractivity (Wildman–Crippen MR) is 102 cm³/mol. The maximum atomic E-state index is 11.9. The summed E-state index contributed by atoms with van der Waals surface area (Å²) in [5.41, 5.74) is 0.651. The number of hydrogen-bond donors (Lipinski definition) is 2. The van der Waals surface area contributed by atoms with Gasteiger partial charge in [-0.05, 0) is 50.6 Å². The van der Waals surface area contributed by atoms with Crippen molar-refractivity contribution in [1.82, 2.24) is 5.32 Å². The van der Waals surface area contributed by atoms with Crippen LogP contribution in [0.25, 0.3) is 0 Å². The van der Waals surface area contributed by atoms with E-state index >= 15 is 0 Å². The highest BCUT2D eigenvalue weighted by Crippen LogP contribution is 2.18. The molecular formula is C19H21N3O6. The van der Waals surface area contributed by atoms with E-state index in [9.17, 15) is 19.7 Å². The second kappa shape index (κ2) is 8.85. The normalized spacial score (nSPS) is 10.7. The Morgan fingerprint density at radius 3 is 2.14 bits per heavy atom. The van der Waals surface area contributed by atoms with Gasteiger partial charge in [-0.15, -0.1) is 0 Å². The summed E-state index contributed by atoms with van der Waals surface area (Å²) < 4.78 is 10.2. The number of non-ortho nitro benzene ring substituents is 1. The highest BCUT2D eigenvalue weighted by atomic mass is 16.6. The number of benzene rings is 2. The molecule has 0 atom stereocenters. The summed E-state index contributed by atoms with van der Waals surface area (Å²) >= 11 is 0. The van der Waals surface area contributed by atoms with Crippen LogP contribution in [0.5, 0.6) is 5.75 Å². The Hall–Kier alpha value is -3.62. The molecule has 0 bridgehead atoms. The number of hydrogen-bond acceptors (Lipinski definition) is 6. The average molecular weight is 387 g/mol. The molecule has 0 saturated carbocycles. The van der Waals surface area contributed by atoms with Gasteiger partial charge in [-0.25, -0.2) is 9.59 Å². The van der Waals surface area contributed by atoms with Crippen LogP contribution in [0.15, 0.2) is 48.5 Å². The van der Waals surface area contributed by atoms with Gasteiger partial charge in [-0.2, -0.15) is 0 Å². The Bertz CT molecular complexity index is 841. The Morgan fingerprint density at radius 2 is 1.61 bits per heavy atom. The number of nitrogens with one attached hydrogen (secondary N) is 2. The first-order valence-corrected chi connectivity index (χ1v) is 8.41. The van der Waals surface area contributed by atoms with Crippen LogP contribution < -0.4 is 15.4 Å². The lowest BCUT2D eigenvalue weighted by atomic mass is 10.2. The molecule has 2 rings (SSSR count). The van der Waals surface area contributed by atoms with Crippen LogP contribution in [-0.4, -0.2) is 22.7 Å². The van der Waals surface area contributed by atoms with Gasteiger partial charge in [0.15, 0.2) is 0 Å². The molecule has 0 heterocycles. The zero-order chi connectivity index (χ0) is 20.7. The molecule has 9 nitrogen and oxygen atoms in total. The minimum absolute atomic E-state index is 0.0941. The fourth-order valence-electron chi connectivity index (χ4n) is 2.08. The fraction of sp³-hybridized carbons (Fsp3) is 0.263. The first-order valence-electron chi connectivity index (χ1n) is 8.41. The number of alkyl carbamates (subject to hydrolysis) is 1. The van der Waals surface area contributed by atoms with E-state index in [4.69, 9.17) is 9.47 Å². The van der Waals surface area contributed by atoms with Crippen molar-refractivity contribution in [2.75, 3.05) is 5.32 Å². The zero-order valence-corrected chi connectivity index (χ0v) is 15.7. The number of carbonyl (C=O) groups is 2. The topological polar surface area (TPSA) is 120 Å². The molecule has 0 aliphatic rings. The van der Waals surface area contributed by atoms with Gasteiger partial charge in [-0.1, -0.05) is 12.1 Å². The molecule has 0 radical (unpaired) electrons. The molecule has 0 unspecified atom stereocenters. The van der Waals surface area contributed by atoms with Crippen molar-refractivity contribution < 1.29 is 24.0 Å². The number of nitro benzene ring substituents is 1. The molecule has 0 aliphatic carbocycles. The summed E-state index contributed by atoms with van der Waals surface area (Å²) in [6.45, 7) is 5.62. The van der Waals surface area contributed by atoms with Crippen LogP contribution in [-0.2, 0) is 11.3 Å². The molecule has 0 saturated heterocycles. The monoisotopic (exact) mass is 387 g/mol. The van der Waals surface area contributed by atoms with Gasteiger partial charge in [0, 0.05) is 24.4 Å². The number of nitro groups is 1. The Kier molecular flexibility index (Phi) is 6.54. The summed E-state index contributed by atoms with van der Waals surface area (Å²) in [6, 6.07) is 11.9. The summed E-state index contributed by atoms with van der Waals surface area (Å²) in [4.78, 5) is 33.6. The number of anilines is 1. The lowest BCUT2D eigenvalue weighted by Crippen LogP contribution is -2.32. The highest BCUT2D eigenvalue weighted by Gasteiger charge is 2.15. The number of carbonyl (C=O) groups excluding carboxylic acids is 2. The molecule has 2 aromatic rings. The quantitative estimate of drug-likeness (QED) is 0.585. The Balaban J connectivity index is 1.83.